The number of alkyl halides is 1. The van der Waals surface area contributed by atoms with Crippen LogP contribution < -0.4 is 4.74 Å². The van der Waals surface area contributed by atoms with Crippen molar-refractivity contribution in [3.8, 4) is 5.75 Å². The average molecular weight is 324 g/mol. The molecule has 4 heteroatoms. The van der Waals surface area contributed by atoms with Gasteiger partial charge in [-0.25, -0.2) is 0 Å². The summed E-state index contributed by atoms with van der Waals surface area (Å²) in [4.78, 5) is 0.0304. The summed E-state index contributed by atoms with van der Waals surface area (Å²) in [5.41, 5.74) is 0.863. The summed E-state index contributed by atoms with van der Waals surface area (Å²) >= 11 is 6.71. The van der Waals surface area contributed by atoms with Crippen LogP contribution >= 0.6 is 31.9 Å². The minimum absolute atomic E-state index is 0.0304. The van der Waals surface area contributed by atoms with Crippen molar-refractivity contribution < 1.29 is 9.84 Å². The Morgan fingerprint density at radius 1 is 1.43 bits per heavy atom. The molecule has 2 nitrogen and oxygen atoms in total. The maximum atomic E-state index is 9.78. The highest BCUT2D eigenvalue weighted by Crippen LogP contribution is 2.30. The number of rotatable bonds is 3. The zero-order valence-electron chi connectivity index (χ0n) is 8.00. The molecule has 1 aromatic rings. The maximum Gasteiger partial charge on any atom is 0.133 e. The lowest BCUT2D eigenvalue weighted by Gasteiger charge is -2.14. The number of benzene rings is 1. The van der Waals surface area contributed by atoms with Crippen LogP contribution in [0.5, 0.6) is 5.75 Å². The van der Waals surface area contributed by atoms with Crippen LogP contribution in [0, 0.1) is 0 Å². The Labute approximate surface area is 101 Å². The van der Waals surface area contributed by atoms with Crippen molar-refractivity contribution in [3.05, 3.63) is 28.2 Å². The summed E-state index contributed by atoms with van der Waals surface area (Å²) in [5.74, 6) is 0.767. The van der Waals surface area contributed by atoms with Crippen molar-refractivity contribution in [1.29, 1.82) is 0 Å². The average Bonchev–Trinajstić information content (AvgIpc) is 2.16. The zero-order chi connectivity index (χ0) is 10.7. The molecule has 0 saturated heterocycles. The van der Waals surface area contributed by atoms with Crippen molar-refractivity contribution >= 4 is 31.9 Å². The summed E-state index contributed by atoms with van der Waals surface area (Å²) in [6.45, 7) is 1.91. The maximum absolute atomic E-state index is 9.78. The van der Waals surface area contributed by atoms with Crippen LogP contribution in [0.15, 0.2) is 22.7 Å². The van der Waals surface area contributed by atoms with Crippen LogP contribution in [0.25, 0.3) is 0 Å². The number of aliphatic hydroxyl groups excluding tert-OH is 1. The van der Waals surface area contributed by atoms with Gasteiger partial charge in [0.1, 0.15) is 5.75 Å². The molecular weight excluding hydrogens is 312 g/mol. The first-order valence-corrected chi connectivity index (χ1v) is 5.92. The van der Waals surface area contributed by atoms with E-state index in [1.54, 1.807) is 7.11 Å². The molecule has 2 atom stereocenters. The second kappa shape index (κ2) is 5.14. The number of ether oxygens (including phenoxy) is 1. The third-order valence-electron chi connectivity index (χ3n) is 1.95. The molecular formula is C10H12Br2O2. The number of methoxy groups -OCH3 is 1. The first kappa shape index (κ1) is 12.0. The van der Waals surface area contributed by atoms with Crippen LogP contribution in [0.2, 0.25) is 0 Å². The van der Waals surface area contributed by atoms with Gasteiger partial charge in [0.05, 0.1) is 17.7 Å². The van der Waals surface area contributed by atoms with Gasteiger partial charge in [-0.3, -0.25) is 0 Å². The Balaban J connectivity index is 2.96. The minimum atomic E-state index is -0.503. The molecule has 1 N–H and O–H groups in total. The lowest BCUT2D eigenvalue weighted by atomic mass is 10.1. The Morgan fingerprint density at radius 3 is 2.50 bits per heavy atom. The Kier molecular flexibility index (Phi) is 4.41. The molecule has 0 fully saturated rings. The topological polar surface area (TPSA) is 29.5 Å². The summed E-state index contributed by atoms with van der Waals surface area (Å²) in [6, 6.07) is 5.55. The van der Waals surface area contributed by atoms with Crippen molar-refractivity contribution in [1.82, 2.24) is 0 Å². The van der Waals surface area contributed by atoms with Gasteiger partial charge in [0, 0.05) is 4.83 Å². The van der Waals surface area contributed by atoms with Crippen LogP contribution in [0.3, 0.4) is 0 Å². The van der Waals surface area contributed by atoms with Gasteiger partial charge in [-0.15, -0.1) is 0 Å². The SMILES string of the molecule is COc1ccc(C(O)C(C)Br)cc1Br. The molecule has 1 aromatic carbocycles. The van der Waals surface area contributed by atoms with E-state index in [0.29, 0.717) is 0 Å². The molecule has 0 bridgehead atoms. The van der Waals surface area contributed by atoms with Crippen LogP contribution in [0.1, 0.15) is 18.6 Å². The fraction of sp³-hybridized carbons (Fsp3) is 0.400. The van der Waals surface area contributed by atoms with Crippen LogP contribution in [-0.4, -0.2) is 17.0 Å². The third kappa shape index (κ3) is 2.72. The summed E-state index contributed by atoms with van der Waals surface area (Å²) in [6.07, 6.45) is -0.503. The Morgan fingerprint density at radius 2 is 2.07 bits per heavy atom. The fourth-order valence-corrected chi connectivity index (χ4v) is 2.00. The second-order valence-corrected chi connectivity index (χ2v) is 5.32. The van der Waals surface area contributed by atoms with E-state index < -0.39 is 6.10 Å². The summed E-state index contributed by atoms with van der Waals surface area (Å²) < 4.78 is 5.95. The standard InChI is InChI=1S/C10H12Br2O2/c1-6(11)10(13)7-3-4-9(14-2)8(12)5-7/h3-6,10,13H,1-2H3. The molecule has 0 aliphatic heterocycles. The van der Waals surface area contributed by atoms with E-state index in [0.717, 1.165) is 15.8 Å². The summed E-state index contributed by atoms with van der Waals surface area (Å²) in [5, 5.41) is 9.78. The first-order valence-electron chi connectivity index (χ1n) is 4.22. The number of hydrogen-bond acceptors (Lipinski definition) is 2. The number of aliphatic hydroxyl groups is 1. The summed E-state index contributed by atoms with van der Waals surface area (Å²) in [7, 11) is 1.61. The molecule has 1 rings (SSSR count). The van der Waals surface area contributed by atoms with E-state index in [-0.39, 0.29) is 4.83 Å². The predicted molar refractivity (Wildman–Crippen MR) is 64.0 cm³/mol. The van der Waals surface area contributed by atoms with E-state index in [9.17, 15) is 5.11 Å². The van der Waals surface area contributed by atoms with E-state index in [4.69, 9.17) is 4.74 Å². The molecule has 0 aliphatic rings. The highest BCUT2D eigenvalue weighted by atomic mass is 79.9. The van der Waals surface area contributed by atoms with Crippen molar-refractivity contribution in [2.24, 2.45) is 0 Å². The van der Waals surface area contributed by atoms with Gasteiger partial charge in [0.2, 0.25) is 0 Å². The molecule has 0 saturated carbocycles. The van der Waals surface area contributed by atoms with E-state index >= 15 is 0 Å². The monoisotopic (exact) mass is 322 g/mol. The van der Waals surface area contributed by atoms with Gasteiger partial charge in [-0.2, -0.15) is 0 Å². The van der Waals surface area contributed by atoms with Crippen LogP contribution in [-0.2, 0) is 0 Å². The lowest BCUT2D eigenvalue weighted by molar-refractivity contribution is 0.181. The minimum Gasteiger partial charge on any atom is -0.496 e. The molecule has 78 valence electrons. The van der Waals surface area contributed by atoms with Gasteiger partial charge in [0.25, 0.3) is 0 Å². The van der Waals surface area contributed by atoms with Crippen molar-refractivity contribution in [2.45, 2.75) is 17.9 Å². The second-order valence-electron chi connectivity index (χ2n) is 3.02. The molecule has 0 aromatic heterocycles. The Bertz CT molecular complexity index is 313. The van der Waals surface area contributed by atoms with Gasteiger partial charge >= 0.3 is 0 Å². The van der Waals surface area contributed by atoms with Gasteiger partial charge in [0.15, 0.2) is 0 Å². The van der Waals surface area contributed by atoms with Crippen molar-refractivity contribution in [3.63, 3.8) is 0 Å². The number of hydrogen-bond donors (Lipinski definition) is 1. The van der Waals surface area contributed by atoms with Crippen LogP contribution in [0.4, 0.5) is 0 Å². The van der Waals surface area contributed by atoms with Gasteiger partial charge in [-0.05, 0) is 40.5 Å². The highest BCUT2D eigenvalue weighted by molar-refractivity contribution is 9.10. The molecule has 14 heavy (non-hydrogen) atoms. The molecule has 2 unspecified atom stereocenters. The quantitative estimate of drug-likeness (QED) is 0.865. The molecule has 0 aliphatic carbocycles. The third-order valence-corrected chi connectivity index (χ3v) is 3.07. The number of halogens is 2. The smallest absolute Gasteiger partial charge is 0.133 e. The normalized spacial score (nSPS) is 14.9. The van der Waals surface area contributed by atoms with Crippen molar-refractivity contribution in [2.75, 3.05) is 7.11 Å². The highest BCUT2D eigenvalue weighted by Gasteiger charge is 2.14. The molecule has 0 heterocycles. The molecule has 0 amide bonds. The molecule has 0 radical (unpaired) electrons. The first-order chi connectivity index (χ1) is 6.56. The lowest BCUT2D eigenvalue weighted by Crippen LogP contribution is -2.07. The van der Waals surface area contributed by atoms with E-state index in [2.05, 4.69) is 31.9 Å². The fourth-order valence-electron chi connectivity index (χ4n) is 1.13. The van der Waals surface area contributed by atoms with E-state index in [1.165, 1.54) is 0 Å². The Hall–Kier alpha value is -0.0600. The predicted octanol–water partition coefficient (Wildman–Crippen LogP) is 3.27. The van der Waals surface area contributed by atoms with Gasteiger partial charge < -0.3 is 9.84 Å². The van der Waals surface area contributed by atoms with E-state index in [1.807, 2.05) is 25.1 Å². The largest absolute Gasteiger partial charge is 0.496 e. The zero-order valence-corrected chi connectivity index (χ0v) is 11.2. The molecule has 0 spiro atoms. The van der Waals surface area contributed by atoms with Gasteiger partial charge in [-0.1, -0.05) is 22.0 Å².